The molecule has 2 fully saturated rings. The van der Waals surface area contributed by atoms with Gasteiger partial charge in [0, 0.05) is 18.8 Å². The number of thioether (sulfide) groups is 1. The number of nitrogens with one attached hydrogen (secondary N) is 1. The SMILES string of the molecule is COc1ccc(CCN2C(=O)/C(=C\c3c(NC4CCCCC4)nc4ccccn4c3=O)SC2=S)cc1OC. The first-order valence-electron chi connectivity index (χ1n) is 12.7. The molecule has 198 valence electrons. The summed E-state index contributed by atoms with van der Waals surface area (Å²) in [6.07, 6.45) is 9.54. The second-order valence-electron chi connectivity index (χ2n) is 9.36. The van der Waals surface area contributed by atoms with Gasteiger partial charge >= 0.3 is 0 Å². The van der Waals surface area contributed by atoms with Crippen LogP contribution in [-0.4, -0.2) is 51.3 Å². The van der Waals surface area contributed by atoms with E-state index in [1.165, 1.54) is 22.6 Å². The van der Waals surface area contributed by atoms with Crippen molar-refractivity contribution in [1.82, 2.24) is 14.3 Å². The molecule has 1 N–H and O–H groups in total. The average Bonchev–Trinajstić information content (AvgIpc) is 3.21. The van der Waals surface area contributed by atoms with Gasteiger partial charge < -0.3 is 14.8 Å². The second kappa shape index (κ2) is 11.6. The number of hydrogen-bond donors (Lipinski definition) is 1. The Morgan fingerprint density at radius 2 is 1.89 bits per heavy atom. The highest BCUT2D eigenvalue weighted by Crippen LogP contribution is 2.34. The molecule has 3 heterocycles. The third-order valence-corrected chi connectivity index (χ3v) is 8.31. The van der Waals surface area contributed by atoms with Crippen LogP contribution in [0.3, 0.4) is 0 Å². The van der Waals surface area contributed by atoms with Crippen LogP contribution in [0.1, 0.15) is 43.2 Å². The number of carbonyl (C=O) groups is 1. The molecule has 0 spiro atoms. The summed E-state index contributed by atoms with van der Waals surface area (Å²) in [7, 11) is 3.19. The van der Waals surface area contributed by atoms with Crippen LogP contribution in [0, 0.1) is 0 Å². The number of benzene rings is 1. The van der Waals surface area contributed by atoms with Gasteiger partial charge in [-0.1, -0.05) is 55.4 Å². The normalized spacial score (nSPS) is 17.4. The molecule has 0 radical (unpaired) electrons. The van der Waals surface area contributed by atoms with Crippen LogP contribution in [-0.2, 0) is 11.2 Å². The lowest BCUT2D eigenvalue weighted by Gasteiger charge is -2.24. The van der Waals surface area contributed by atoms with Crippen molar-refractivity contribution in [3.05, 3.63) is 69.0 Å². The van der Waals surface area contributed by atoms with E-state index in [1.807, 2.05) is 30.3 Å². The van der Waals surface area contributed by atoms with Crippen molar-refractivity contribution >= 4 is 51.7 Å². The lowest BCUT2D eigenvalue weighted by atomic mass is 9.95. The lowest BCUT2D eigenvalue weighted by Crippen LogP contribution is -2.30. The topological polar surface area (TPSA) is 85.2 Å². The summed E-state index contributed by atoms with van der Waals surface area (Å²) in [6, 6.07) is 11.4. The number of thiocarbonyl (C=S) groups is 1. The minimum absolute atomic E-state index is 0.207. The predicted octanol–water partition coefficient (Wildman–Crippen LogP) is 4.90. The van der Waals surface area contributed by atoms with Gasteiger partial charge in [0.25, 0.3) is 11.5 Å². The van der Waals surface area contributed by atoms with Crippen molar-refractivity contribution in [3.63, 3.8) is 0 Å². The molecule has 10 heteroatoms. The molecule has 2 aromatic heterocycles. The van der Waals surface area contributed by atoms with Crippen LogP contribution in [0.15, 0.2) is 52.3 Å². The van der Waals surface area contributed by atoms with E-state index in [2.05, 4.69) is 5.32 Å². The lowest BCUT2D eigenvalue weighted by molar-refractivity contribution is -0.122. The molecule has 8 nitrogen and oxygen atoms in total. The van der Waals surface area contributed by atoms with E-state index in [1.54, 1.807) is 37.5 Å². The monoisotopic (exact) mass is 550 g/mol. The molecule has 0 bridgehead atoms. The maximum Gasteiger partial charge on any atom is 0.267 e. The Balaban J connectivity index is 1.41. The zero-order valence-electron chi connectivity index (χ0n) is 21.4. The van der Waals surface area contributed by atoms with Crippen LogP contribution in [0.5, 0.6) is 11.5 Å². The van der Waals surface area contributed by atoms with E-state index < -0.39 is 0 Å². The summed E-state index contributed by atoms with van der Waals surface area (Å²) in [5.74, 6) is 1.60. The maximum absolute atomic E-state index is 13.5. The Kier molecular flexibility index (Phi) is 7.99. The highest BCUT2D eigenvalue weighted by molar-refractivity contribution is 8.26. The molecule has 1 aliphatic heterocycles. The number of methoxy groups -OCH3 is 2. The number of anilines is 1. The van der Waals surface area contributed by atoms with Gasteiger partial charge in [0.05, 0.1) is 24.7 Å². The Morgan fingerprint density at radius 1 is 1.11 bits per heavy atom. The number of nitrogens with zero attached hydrogens (tertiary/aromatic N) is 3. The standard InChI is InChI=1S/C28H30N4O4S2/c1-35-21-12-11-18(16-22(21)36-2)13-15-32-27(34)23(38-28(32)37)17-20-25(29-19-8-4-3-5-9-19)30-24-10-6-7-14-31(24)26(20)33/h6-7,10-12,14,16-17,19,29H,3-5,8-9,13,15H2,1-2H3/b23-17+. The predicted molar refractivity (Wildman–Crippen MR) is 155 cm³/mol. The van der Waals surface area contributed by atoms with Crippen LogP contribution < -0.4 is 20.3 Å². The molecule has 1 amide bonds. The summed E-state index contributed by atoms with van der Waals surface area (Å²) < 4.78 is 12.7. The molecule has 2 aliphatic rings. The quantitative estimate of drug-likeness (QED) is 0.313. The molecule has 1 saturated carbocycles. The van der Waals surface area contributed by atoms with Gasteiger partial charge in [-0.2, -0.15) is 0 Å². The average molecular weight is 551 g/mol. The fourth-order valence-corrected chi connectivity index (χ4v) is 6.17. The van der Waals surface area contributed by atoms with Crippen molar-refractivity contribution in [1.29, 1.82) is 0 Å². The summed E-state index contributed by atoms with van der Waals surface area (Å²) in [6.45, 7) is 0.416. The molecule has 1 aromatic carbocycles. The number of hydrogen-bond acceptors (Lipinski definition) is 8. The molecule has 1 aliphatic carbocycles. The number of carbonyl (C=O) groups excluding carboxylic acids is 1. The van der Waals surface area contributed by atoms with E-state index in [4.69, 9.17) is 26.7 Å². The van der Waals surface area contributed by atoms with E-state index in [0.29, 0.717) is 50.7 Å². The van der Waals surface area contributed by atoms with E-state index >= 15 is 0 Å². The molecule has 0 unspecified atom stereocenters. The fraction of sp³-hybridized carbons (Fsp3) is 0.357. The number of pyridine rings is 1. The largest absolute Gasteiger partial charge is 0.493 e. The Bertz CT molecular complexity index is 1460. The minimum atomic E-state index is -0.218. The third kappa shape index (κ3) is 5.42. The Morgan fingerprint density at radius 3 is 2.66 bits per heavy atom. The maximum atomic E-state index is 13.5. The van der Waals surface area contributed by atoms with Gasteiger partial charge in [-0.3, -0.25) is 18.9 Å². The Labute approximate surface area is 231 Å². The highest BCUT2D eigenvalue weighted by Gasteiger charge is 2.32. The fourth-order valence-electron chi connectivity index (χ4n) is 4.88. The van der Waals surface area contributed by atoms with Crippen molar-refractivity contribution in [2.24, 2.45) is 0 Å². The molecular formula is C28H30N4O4S2. The van der Waals surface area contributed by atoms with Gasteiger partial charge in [-0.05, 0) is 55.2 Å². The van der Waals surface area contributed by atoms with E-state index in [9.17, 15) is 9.59 Å². The van der Waals surface area contributed by atoms with Crippen molar-refractivity contribution < 1.29 is 14.3 Å². The van der Waals surface area contributed by atoms with Crippen LogP contribution in [0.4, 0.5) is 5.82 Å². The molecule has 0 atom stereocenters. The third-order valence-electron chi connectivity index (χ3n) is 6.94. The van der Waals surface area contributed by atoms with Crippen molar-refractivity contribution in [3.8, 4) is 11.5 Å². The number of aromatic nitrogens is 2. The minimum Gasteiger partial charge on any atom is -0.493 e. The number of ether oxygens (including phenoxy) is 2. The second-order valence-corrected chi connectivity index (χ2v) is 11.0. The highest BCUT2D eigenvalue weighted by atomic mass is 32.2. The van der Waals surface area contributed by atoms with Gasteiger partial charge in [-0.15, -0.1) is 0 Å². The zero-order chi connectivity index (χ0) is 26.6. The number of rotatable bonds is 8. The van der Waals surface area contributed by atoms with Crippen LogP contribution in [0.25, 0.3) is 11.7 Å². The molecule has 38 heavy (non-hydrogen) atoms. The number of amides is 1. The first-order chi connectivity index (χ1) is 18.5. The van der Waals surface area contributed by atoms with Crippen molar-refractivity contribution in [2.45, 2.75) is 44.6 Å². The van der Waals surface area contributed by atoms with Crippen molar-refractivity contribution in [2.75, 3.05) is 26.1 Å². The van der Waals surface area contributed by atoms with Gasteiger partial charge in [-0.25, -0.2) is 4.98 Å². The Hall–Kier alpha value is -3.37. The van der Waals surface area contributed by atoms with E-state index in [0.717, 1.165) is 31.2 Å². The zero-order valence-corrected chi connectivity index (χ0v) is 23.1. The smallest absolute Gasteiger partial charge is 0.267 e. The summed E-state index contributed by atoms with van der Waals surface area (Å²) in [5, 5.41) is 3.50. The first-order valence-corrected chi connectivity index (χ1v) is 13.9. The molecule has 5 rings (SSSR count). The molecular weight excluding hydrogens is 520 g/mol. The summed E-state index contributed by atoms with van der Waals surface area (Å²) in [5.41, 5.74) is 1.72. The molecule has 1 saturated heterocycles. The van der Waals surface area contributed by atoms with E-state index in [-0.39, 0.29) is 17.5 Å². The first kappa shape index (κ1) is 26.2. The van der Waals surface area contributed by atoms with Gasteiger partial charge in [0.2, 0.25) is 0 Å². The number of fused-ring (bicyclic) bond motifs is 1. The summed E-state index contributed by atoms with van der Waals surface area (Å²) in [4.78, 5) is 33.7. The van der Waals surface area contributed by atoms with Gasteiger partial charge in [0.15, 0.2) is 11.5 Å². The molecule has 3 aromatic rings. The van der Waals surface area contributed by atoms with Gasteiger partial charge in [0.1, 0.15) is 15.8 Å². The van der Waals surface area contributed by atoms with Crippen LogP contribution in [0.2, 0.25) is 0 Å². The summed E-state index contributed by atoms with van der Waals surface area (Å²) >= 11 is 6.77. The van der Waals surface area contributed by atoms with Crippen LogP contribution >= 0.6 is 24.0 Å².